The minimum absolute atomic E-state index is 0.0400. The van der Waals surface area contributed by atoms with Crippen LogP contribution >= 0.6 is 23.4 Å². The van der Waals surface area contributed by atoms with Gasteiger partial charge in [-0.15, -0.1) is 0 Å². The molecular formula is C24H31ClN2O3S2. The highest BCUT2D eigenvalue weighted by Crippen LogP contribution is 2.21. The van der Waals surface area contributed by atoms with E-state index in [1.54, 1.807) is 16.1 Å². The Kier molecular flexibility index (Phi) is 9.91. The molecule has 1 heterocycles. The highest BCUT2D eigenvalue weighted by Gasteiger charge is 2.30. The maximum Gasteiger partial charge on any atom is 0.223 e. The van der Waals surface area contributed by atoms with Crippen LogP contribution in [0.2, 0.25) is 5.02 Å². The molecular weight excluding hydrogens is 464 g/mol. The van der Waals surface area contributed by atoms with Crippen molar-refractivity contribution in [2.24, 2.45) is 5.92 Å². The van der Waals surface area contributed by atoms with E-state index in [2.05, 4.69) is 5.32 Å². The lowest BCUT2D eigenvalue weighted by Crippen LogP contribution is -2.44. The van der Waals surface area contributed by atoms with E-state index in [4.69, 9.17) is 11.6 Å². The summed E-state index contributed by atoms with van der Waals surface area (Å²) in [7, 11) is -3.27. The van der Waals surface area contributed by atoms with Crippen LogP contribution in [0.3, 0.4) is 0 Å². The first-order chi connectivity index (χ1) is 15.4. The van der Waals surface area contributed by atoms with Crippen LogP contribution in [0.4, 0.5) is 0 Å². The number of nitrogens with one attached hydrogen (secondary N) is 1. The van der Waals surface area contributed by atoms with E-state index >= 15 is 0 Å². The van der Waals surface area contributed by atoms with Gasteiger partial charge in [0.2, 0.25) is 15.9 Å². The molecule has 1 saturated heterocycles. The second kappa shape index (κ2) is 12.6. The average Bonchev–Trinajstić information content (AvgIpc) is 2.80. The lowest BCUT2D eigenvalue weighted by Gasteiger charge is -2.30. The molecule has 0 radical (unpaired) electrons. The fourth-order valence-corrected chi connectivity index (χ4v) is 6.27. The smallest absolute Gasteiger partial charge is 0.223 e. The normalized spacial score (nSPS) is 15.5. The highest BCUT2D eigenvalue weighted by atomic mass is 35.5. The van der Waals surface area contributed by atoms with Crippen molar-refractivity contribution >= 4 is 39.3 Å². The summed E-state index contributed by atoms with van der Waals surface area (Å²) >= 11 is 7.66. The lowest BCUT2D eigenvalue weighted by molar-refractivity contribution is -0.125. The molecule has 1 N–H and O–H groups in total. The van der Waals surface area contributed by atoms with E-state index in [9.17, 15) is 13.2 Å². The number of sulfonamides is 1. The van der Waals surface area contributed by atoms with Crippen LogP contribution in [0.25, 0.3) is 0 Å². The van der Waals surface area contributed by atoms with Crippen molar-refractivity contribution in [1.82, 2.24) is 9.62 Å². The molecule has 0 saturated carbocycles. The predicted octanol–water partition coefficient (Wildman–Crippen LogP) is 4.36. The Balaban J connectivity index is 1.30. The topological polar surface area (TPSA) is 66.5 Å². The highest BCUT2D eigenvalue weighted by molar-refractivity contribution is 7.98. The van der Waals surface area contributed by atoms with Gasteiger partial charge in [0, 0.05) is 42.1 Å². The minimum atomic E-state index is -3.27. The third-order valence-electron chi connectivity index (χ3n) is 5.66. The molecule has 2 aromatic rings. The van der Waals surface area contributed by atoms with Gasteiger partial charge in [-0.1, -0.05) is 54.1 Å². The molecule has 3 rings (SSSR count). The number of aryl methyl sites for hydroxylation is 1. The van der Waals surface area contributed by atoms with Crippen molar-refractivity contribution in [1.29, 1.82) is 0 Å². The summed E-state index contributed by atoms with van der Waals surface area (Å²) in [6.45, 7) is 1.48. The second-order valence-electron chi connectivity index (χ2n) is 8.05. The van der Waals surface area contributed by atoms with Crippen LogP contribution in [-0.2, 0) is 27.0 Å². The Labute approximate surface area is 201 Å². The molecule has 0 unspecified atom stereocenters. The van der Waals surface area contributed by atoms with Crippen LogP contribution in [-0.4, -0.2) is 49.8 Å². The molecule has 5 nitrogen and oxygen atoms in total. The Morgan fingerprint density at radius 3 is 2.41 bits per heavy atom. The molecule has 0 bridgehead atoms. The van der Waals surface area contributed by atoms with Crippen LogP contribution in [0.15, 0.2) is 54.6 Å². The number of nitrogens with zero attached hydrogens (tertiary/aromatic N) is 1. The standard InChI is InChI=1S/C24H31ClN2O3S2/c25-23-10-8-21(9-11-23)19-31-17-14-26-24(28)22-12-15-27(16-13-22)32(29,30)18-4-7-20-5-2-1-3-6-20/h1-3,5-6,8-11,22H,4,7,12-19H2,(H,26,28). The van der Waals surface area contributed by atoms with E-state index in [-0.39, 0.29) is 17.6 Å². The van der Waals surface area contributed by atoms with Crippen molar-refractivity contribution in [2.45, 2.75) is 31.4 Å². The third-order valence-corrected chi connectivity index (χ3v) is 8.90. The van der Waals surface area contributed by atoms with E-state index in [0.29, 0.717) is 38.9 Å². The number of thioether (sulfide) groups is 1. The molecule has 8 heteroatoms. The number of amides is 1. The van der Waals surface area contributed by atoms with Gasteiger partial charge in [-0.25, -0.2) is 12.7 Å². The zero-order valence-corrected chi connectivity index (χ0v) is 20.6. The van der Waals surface area contributed by atoms with Crippen LogP contribution in [0, 0.1) is 5.92 Å². The van der Waals surface area contributed by atoms with Crippen molar-refractivity contribution in [3.8, 4) is 0 Å². The molecule has 1 fully saturated rings. The maximum atomic E-state index is 12.6. The third kappa shape index (κ3) is 8.10. The summed E-state index contributed by atoms with van der Waals surface area (Å²) < 4.78 is 26.9. The molecule has 0 atom stereocenters. The number of piperidine rings is 1. The molecule has 1 aliphatic rings. The van der Waals surface area contributed by atoms with Crippen LogP contribution in [0.1, 0.15) is 30.4 Å². The van der Waals surface area contributed by atoms with Crippen molar-refractivity contribution < 1.29 is 13.2 Å². The summed E-state index contributed by atoms with van der Waals surface area (Å²) in [5.41, 5.74) is 2.37. The van der Waals surface area contributed by atoms with Gasteiger partial charge in [-0.3, -0.25) is 4.79 Å². The molecule has 0 aromatic heterocycles. The van der Waals surface area contributed by atoms with Gasteiger partial charge < -0.3 is 5.32 Å². The zero-order valence-electron chi connectivity index (χ0n) is 18.2. The predicted molar refractivity (Wildman–Crippen MR) is 133 cm³/mol. The molecule has 174 valence electrons. The van der Waals surface area contributed by atoms with Gasteiger partial charge in [-0.05, 0) is 48.9 Å². The van der Waals surface area contributed by atoms with Gasteiger partial charge in [0.15, 0.2) is 0 Å². The van der Waals surface area contributed by atoms with E-state index in [1.165, 1.54) is 5.56 Å². The Morgan fingerprint density at radius 2 is 1.72 bits per heavy atom. The number of carbonyl (C=O) groups excluding carboxylic acids is 1. The lowest BCUT2D eigenvalue weighted by atomic mass is 9.97. The summed E-state index contributed by atoms with van der Waals surface area (Å²) in [6.07, 6.45) is 2.54. The SMILES string of the molecule is O=C(NCCSCc1ccc(Cl)cc1)C1CCN(S(=O)(=O)CCCc2ccccc2)CC1. The van der Waals surface area contributed by atoms with Gasteiger partial charge in [0.1, 0.15) is 0 Å². The Bertz CT molecular complexity index is 945. The molecule has 2 aromatic carbocycles. The van der Waals surface area contributed by atoms with Gasteiger partial charge >= 0.3 is 0 Å². The zero-order chi connectivity index (χ0) is 22.8. The van der Waals surface area contributed by atoms with Crippen molar-refractivity contribution in [3.63, 3.8) is 0 Å². The number of carbonyl (C=O) groups is 1. The monoisotopic (exact) mass is 494 g/mol. The molecule has 1 aliphatic heterocycles. The van der Waals surface area contributed by atoms with E-state index < -0.39 is 10.0 Å². The van der Waals surface area contributed by atoms with Gasteiger partial charge in [-0.2, -0.15) is 11.8 Å². The van der Waals surface area contributed by atoms with Crippen molar-refractivity contribution in [2.75, 3.05) is 31.1 Å². The summed E-state index contributed by atoms with van der Waals surface area (Å²) in [4.78, 5) is 12.5. The van der Waals surface area contributed by atoms with Gasteiger partial charge in [0.05, 0.1) is 5.75 Å². The molecule has 32 heavy (non-hydrogen) atoms. The summed E-state index contributed by atoms with van der Waals surface area (Å²) in [5.74, 6) is 1.81. The molecule has 0 aliphatic carbocycles. The number of halogens is 1. The fraction of sp³-hybridized carbons (Fsp3) is 0.458. The summed E-state index contributed by atoms with van der Waals surface area (Å²) in [5, 5.41) is 3.74. The first-order valence-electron chi connectivity index (χ1n) is 11.1. The first-order valence-corrected chi connectivity index (χ1v) is 14.2. The fourth-order valence-electron chi connectivity index (χ4n) is 3.79. The largest absolute Gasteiger partial charge is 0.355 e. The van der Waals surface area contributed by atoms with Crippen LogP contribution in [0.5, 0.6) is 0 Å². The molecule has 1 amide bonds. The number of hydrogen-bond acceptors (Lipinski definition) is 4. The second-order valence-corrected chi connectivity index (χ2v) is 11.7. The van der Waals surface area contributed by atoms with Gasteiger partial charge in [0.25, 0.3) is 0 Å². The quantitative estimate of drug-likeness (QED) is 0.471. The van der Waals surface area contributed by atoms with E-state index in [0.717, 1.165) is 28.5 Å². The number of hydrogen-bond donors (Lipinski definition) is 1. The first kappa shape index (κ1) is 25.1. The van der Waals surface area contributed by atoms with E-state index in [1.807, 2.05) is 54.6 Å². The number of rotatable bonds is 11. The minimum Gasteiger partial charge on any atom is -0.355 e. The maximum absolute atomic E-state index is 12.6. The average molecular weight is 495 g/mol. The molecule has 0 spiro atoms. The number of benzene rings is 2. The van der Waals surface area contributed by atoms with Crippen molar-refractivity contribution in [3.05, 3.63) is 70.7 Å². The Hall–Kier alpha value is -1.54. The van der Waals surface area contributed by atoms with Crippen LogP contribution < -0.4 is 5.32 Å². The summed E-state index contributed by atoms with van der Waals surface area (Å²) in [6, 6.07) is 17.7. The Morgan fingerprint density at radius 1 is 1.03 bits per heavy atom.